The molecule has 0 saturated carbocycles. The molecule has 0 fully saturated rings. The van der Waals surface area contributed by atoms with Crippen molar-refractivity contribution in [1.82, 2.24) is 0 Å². The Morgan fingerprint density at radius 1 is 1.31 bits per heavy atom. The van der Waals surface area contributed by atoms with Gasteiger partial charge in [0.05, 0.1) is 13.0 Å². The SMILES string of the molecule is O=C=C(CC(=O)O)C(=O)OC(=O)C(O)CO. The molecule has 0 aliphatic rings. The summed E-state index contributed by atoms with van der Waals surface area (Å²) in [6.07, 6.45) is -2.88. The van der Waals surface area contributed by atoms with Crippen molar-refractivity contribution in [1.29, 1.82) is 0 Å². The van der Waals surface area contributed by atoms with Gasteiger partial charge in [-0.2, -0.15) is 0 Å². The number of hydrogen-bond donors (Lipinski definition) is 3. The molecule has 8 nitrogen and oxygen atoms in total. The maximum absolute atomic E-state index is 10.9. The highest BCUT2D eigenvalue weighted by molar-refractivity contribution is 6.05. The van der Waals surface area contributed by atoms with Crippen molar-refractivity contribution in [2.45, 2.75) is 12.5 Å². The molecule has 0 aromatic carbocycles. The van der Waals surface area contributed by atoms with Crippen LogP contribution in [-0.4, -0.2) is 51.9 Å². The third kappa shape index (κ3) is 4.47. The van der Waals surface area contributed by atoms with E-state index in [0.717, 1.165) is 5.94 Å². The highest BCUT2D eigenvalue weighted by Gasteiger charge is 2.23. The van der Waals surface area contributed by atoms with Crippen molar-refractivity contribution >= 4 is 23.8 Å². The minimum Gasteiger partial charge on any atom is -0.481 e. The van der Waals surface area contributed by atoms with Crippen LogP contribution in [0, 0.1) is 0 Å². The minimum absolute atomic E-state index is 0.897. The number of aliphatic carboxylic acids is 1. The second-order valence-corrected chi connectivity index (χ2v) is 2.56. The first-order chi connectivity index (χ1) is 7.42. The van der Waals surface area contributed by atoms with Crippen molar-refractivity contribution in [3.63, 3.8) is 0 Å². The van der Waals surface area contributed by atoms with Gasteiger partial charge in [-0.25, -0.2) is 14.4 Å². The minimum atomic E-state index is -1.93. The van der Waals surface area contributed by atoms with Crippen LogP contribution in [0.4, 0.5) is 0 Å². The average molecular weight is 232 g/mol. The number of hydrogen-bond acceptors (Lipinski definition) is 7. The van der Waals surface area contributed by atoms with Crippen LogP contribution in [0.2, 0.25) is 0 Å². The Hall–Kier alpha value is -2.02. The molecule has 0 radical (unpaired) electrons. The lowest BCUT2D eigenvalue weighted by atomic mass is 10.2. The Morgan fingerprint density at radius 2 is 1.88 bits per heavy atom. The zero-order valence-electron chi connectivity index (χ0n) is 7.87. The Labute approximate surface area is 88.7 Å². The van der Waals surface area contributed by atoms with Crippen LogP contribution in [0.1, 0.15) is 6.42 Å². The number of aliphatic hydroxyl groups excluding tert-OH is 2. The van der Waals surface area contributed by atoms with Gasteiger partial charge >= 0.3 is 17.9 Å². The maximum Gasteiger partial charge on any atom is 0.353 e. The molecule has 0 rings (SSSR count). The van der Waals surface area contributed by atoms with Crippen LogP contribution in [0.5, 0.6) is 0 Å². The predicted octanol–water partition coefficient (Wildman–Crippen LogP) is -2.36. The molecule has 1 atom stereocenters. The fourth-order valence-corrected chi connectivity index (χ4v) is 0.597. The normalized spacial score (nSPS) is 11.1. The number of aliphatic hydroxyl groups is 2. The van der Waals surface area contributed by atoms with E-state index in [1.54, 1.807) is 0 Å². The molecule has 0 spiro atoms. The molecule has 88 valence electrons. The average Bonchev–Trinajstić information content (AvgIpc) is 2.23. The molecule has 8 heteroatoms. The Bertz CT molecular complexity index is 351. The fraction of sp³-hybridized carbons (Fsp3) is 0.375. The van der Waals surface area contributed by atoms with Crippen molar-refractivity contribution < 1.29 is 39.2 Å². The topological polar surface area (TPSA) is 138 Å². The highest BCUT2D eigenvalue weighted by Crippen LogP contribution is 2.01. The van der Waals surface area contributed by atoms with Gasteiger partial charge in [0, 0.05) is 0 Å². The molecule has 3 N–H and O–H groups in total. The number of carboxylic acids is 1. The van der Waals surface area contributed by atoms with Crippen LogP contribution in [-0.2, 0) is 23.9 Å². The van der Waals surface area contributed by atoms with E-state index >= 15 is 0 Å². The number of carbonyl (C=O) groups excluding carboxylic acids is 3. The van der Waals surface area contributed by atoms with Gasteiger partial charge in [0.2, 0.25) is 0 Å². The molecular weight excluding hydrogens is 224 g/mol. The Morgan fingerprint density at radius 3 is 2.25 bits per heavy atom. The van der Waals surface area contributed by atoms with Crippen molar-refractivity contribution in [3.8, 4) is 0 Å². The Balaban J connectivity index is 4.51. The lowest BCUT2D eigenvalue weighted by Crippen LogP contribution is -2.29. The molecule has 0 saturated heterocycles. The fourth-order valence-electron chi connectivity index (χ4n) is 0.597. The largest absolute Gasteiger partial charge is 0.481 e. The molecule has 0 bridgehead atoms. The molecule has 0 aromatic heterocycles. The summed E-state index contributed by atoms with van der Waals surface area (Å²) in [5, 5.41) is 25.3. The third-order valence-corrected chi connectivity index (χ3v) is 1.34. The molecule has 1 unspecified atom stereocenters. The van der Waals surface area contributed by atoms with Gasteiger partial charge in [0.1, 0.15) is 11.5 Å². The van der Waals surface area contributed by atoms with Crippen LogP contribution in [0.25, 0.3) is 0 Å². The van der Waals surface area contributed by atoms with E-state index in [1.807, 2.05) is 0 Å². The van der Waals surface area contributed by atoms with E-state index in [-0.39, 0.29) is 0 Å². The smallest absolute Gasteiger partial charge is 0.353 e. The number of ether oxygens (including phenoxy) is 1. The van der Waals surface area contributed by atoms with Crippen molar-refractivity contribution in [2.75, 3.05) is 6.61 Å². The summed E-state index contributed by atoms with van der Waals surface area (Å²) in [6, 6.07) is 0. The van der Waals surface area contributed by atoms with Gasteiger partial charge in [-0.3, -0.25) is 4.79 Å². The lowest BCUT2D eigenvalue weighted by Gasteiger charge is -2.05. The summed E-state index contributed by atoms with van der Waals surface area (Å²) in [5.74, 6) is -3.47. The first kappa shape index (κ1) is 14.0. The van der Waals surface area contributed by atoms with Gasteiger partial charge in [-0.05, 0) is 0 Å². The first-order valence-electron chi connectivity index (χ1n) is 3.93. The second-order valence-electron chi connectivity index (χ2n) is 2.56. The maximum atomic E-state index is 10.9. The molecule has 0 aromatic rings. The molecular formula is C8H8O8. The summed E-state index contributed by atoms with van der Waals surface area (Å²) in [5.41, 5.74) is -0.897. The number of carboxylic acid groups (broad SMARTS) is 1. The van der Waals surface area contributed by atoms with E-state index in [2.05, 4.69) is 4.74 Å². The van der Waals surface area contributed by atoms with Gasteiger partial charge in [-0.1, -0.05) is 0 Å². The summed E-state index contributed by atoms with van der Waals surface area (Å²) >= 11 is 0. The van der Waals surface area contributed by atoms with Gasteiger partial charge in [-0.15, -0.1) is 0 Å². The molecule has 0 heterocycles. The van der Waals surface area contributed by atoms with Crippen LogP contribution >= 0.6 is 0 Å². The first-order valence-corrected chi connectivity index (χ1v) is 3.93. The molecule has 0 aliphatic carbocycles. The molecule has 16 heavy (non-hydrogen) atoms. The van der Waals surface area contributed by atoms with Gasteiger partial charge < -0.3 is 20.1 Å². The second kappa shape index (κ2) is 6.46. The van der Waals surface area contributed by atoms with Crippen molar-refractivity contribution in [2.24, 2.45) is 0 Å². The standard InChI is InChI=1S/C8H8O8/c9-2-4(1-6(12)13)7(14)16-8(15)5(11)3-10/h5,10-11H,1,3H2,(H,12,13). The van der Waals surface area contributed by atoms with Crippen LogP contribution in [0.3, 0.4) is 0 Å². The third-order valence-electron chi connectivity index (χ3n) is 1.34. The van der Waals surface area contributed by atoms with Crippen molar-refractivity contribution in [3.05, 3.63) is 5.57 Å². The quantitative estimate of drug-likeness (QED) is 0.207. The number of carbonyl (C=O) groups is 3. The van der Waals surface area contributed by atoms with Gasteiger partial charge in [0.25, 0.3) is 0 Å². The zero-order valence-corrected chi connectivity index (χ0v) is 7.87. The Kier molecular flexibility index (Phi) is 5.65. The van der Waals surface area contributed by atoms with Crippen LogP contribution < -0.4 is 0 Å². The predicted molar refractivity (Wildman–Crippen MR) is 45.7 cm³/mol. The van der Waals surface area contributed by atoms with E-state index in [9.17, 15) is 19.2 Å². The summed E-state index contributed by atoms with van der Waals surface area (Å²) in [4.78, 5) is 42.0. The van der Waals surface area contributed by atoms with E-state index in [4.69, 9.17) is 15.3 Å². The number of esters is 2. The summed E-state index contributed by atoms with van der Waals surface area (Å²) in [7, 11) is 0. The summed E-state index contributed by atoms with van der Waals surface area (Å²) in [6.45, 7) is -0.967. The summed E-state index contributed by atoms with van der Waals surface area (Å²) < 4.78 is 3.91. The van der Waals surface area contributed by atoms with E-state index < -0.39 is 42.6 Å². The number of rotatable bonds is 5. The molecule has 0 amide bonds. The zero-order chi connectivity index (χ0) is 12.7. The van der Waals surface area contributed by atoms with E-state index in [1.165, 1.54) is 0 Å². The lowest BCUT2D eigenvalue weighted by molar-refractivity contribution is -0.165. The van der Waals surface area contributed by atoms with Gasteiger partial charge in [0.15, 0.2) is 6.10 Å². The molecule has 0 aliphatic heterocycles. The van der Waals surface area contributed by atoms with Crippen LogP contribution in [0.15, 0.2) is 5.57 Å². The van der Waals surface area contributed by atoms with E-state index in [0.29, 0.717) is 0 Å². The monoisotopic (exact) mass is 232 g/mol. The highest BCUT2D eigenvalue weighted by atomic mass is 16.6.